The number of sulfonamides is 1. The van der Waals surface area contributed by atoms with E-state index in [9.17, 15) is 8.42 Å². The van der Waals surface area contributed by atoms with Gasteiger partial charge in [0.2, 0.25) is 10.0 Å². The molecule has 23 heavy (non-hydrogen) atoms. The van der Waals surface area contributed by atoms with Gasteiger partial charge in [0.25, 0.3) is 0 Å². The fourth-order valence-corrected chi connectivity index (χ4v) is 4.50. The minimum Gasteiger partial charge on any atom is -0.368 e. The lowest BCUT2D eigenvalue weighted by Crippen LogP contribution is -2.50. The summed E-state index contributed by atoms with van der Waals surface area (Å²) in [6.45, 7) is 5.66. The van der Waals surface area contributed by atoms with Crippen LogP contribution in [-0.2, 0) is 21.8 Å². The smallest absolute Gasteiger partial charge is 0.211 e. The minimum atomic E-state index is -3.06. The van der Waals surface area contributed by atoms with Crippen molar-refractivity contribution in [3.63, 3.8) is 0 Å². The normalized spacial score (nSPS) is 25.8. The quantitative estimate of drug-likeness (QED) is 0.801. The van der Waals surface area contributed by atoms with E-state index in [2.05, 4.69) is 9.88 Å². The van der Waals surface area contributed by atoms with Crippen molar-refractivity contribution in [3.8, 4) is 0 Å². The van der Waals surface area contributed by atoms with Crippen molar-refractivity contribution in [2.24, 2.45) is 7.05 Å². The van der Waals surface area contributed by atoms with Crippen molar-refractivity contribution in [2.75, 3.05) is 39.0 Å². The number of aromatic nitrogens is 2. The van der Waals surface area contributed by atoms with E-state index in [1.54, 1.807) is 4.31 Å². The summed E-state index contributed by atoms with van der Waals surface area (Å²) in [6.07, 6.45) is 5.08. The van der Waals surface area contributed by atoms with Gasteiger partial charge in [-0.2, -0.15) is 0 Å². The summed E-state index contributed by atoms with van der Waals surface area (Å²) in [6, 6.07) is 0.431. The molecular formula is C15H26N4O3S. The molecule has 0 N–H and O–H groups in total. The number of hydrogen-bond donors (Lipinski definition) is 0. The van der Waals surface area contributed by atoms with E-state index >= 15 is 0 Å². The second kappa shape index (κ2) is 6.51. The lowest BCUT2D eigenvalue weighted by atomic mass is 10.0. The lowest BCUT2D eigenvalue weighted by Gasteiger charge is -2.41. The maximum Gasteiger partial charge on any atom is 0.211 e. The first-order valence-corrected chi connectivity index (χ1v) is 10.00. The Hall–Kier alpha value is -0.960. The SMILES string of the molecule is Cc1cn(C)c([C@@H]2CN(C3CCN(S(C)(=O)=O)CC3)CCO2)n1. The number of ether oxygens (including phenoxy) is 1. The van der Waals surface area contributed by atoms with Crippen molar-refractivity contribution >= 4 is 10.0 Å². The van der Waals surface area contributed by atoms with Crippen molar-refractivity contribution in [1.29, 1.82) is 0 Å². The van der Waals surface area contributed by atoms with Gasteiger partial charge < -0.3 is 9.30 Å². The summed E-state index contributed by atoms with van der Waals surface area (Å²) in [5, 5.41) is 0. The number of piperidine rings is 1. The molecule has 0 radical (unpaired) electrons. The summed E-state index contributed by atoms with van der Waals surface area (Å²) < 4.78 is 32.8. The summed E-state index contributed by atoms with van der Waals surface area (Å²) in [5.74, 6) is 0.973. The monoisotopic (exact) mass is 342 g/mol. The Balaban J connectivity index is 1.62. The second-order valence-corrected chi connectivity index (χ2v) is 8.58. The number of hydrogen-bond acceptors (Lipinski definition) is 5. The third kappa shape index (κ3) is 3.76. The average Bonchev–Trinajstić information content (AvgIpc) is 2.85. The Kier molecular flexibility index (Phi) is 4.78. The van der Waals surface area contributed by atoms with E-state index in [4.69, 9.17) is 4.74 Å². The number of nitrogens with zero attached hydrogens (tertiary/aromatic N) is 4. The zero-order valence-electron chi connectivity index (χ0n) is 14.1. The van der Waals surface area contributed by atoms with E-state index in [1.807, 2.05) is 24.7 Å². The van der Waals surface area contributed by atoms with Crippen LogP contribution in [0, 0.1) is 6.92 Å². The number of rotatable bonds is 3. The zero-order valence-corrected chi connectivity index (χ0v) is 14.9. The van der Waals surface area contributed by atoms with E-state index < -0.39 is 10.0 Å². The van der Waals surface area contributed by atoms with Gasteiger partial charge in [0, 0.05) is 45.5 Å². The van der Waals surface area contributed by atoms with E-state index in [-0.39, 0.29) is 6.10 Å². The summed E-state index contributed by atoms with van der Waals surface area (Å²) in [7, 11) is -1.06. The Morgan fingerprint density at radius 3 is 2.52 bits per heavy atom. The third-order valence-electron chi connectivity index (χ3n) is 4.83. The number of aryl methyl sites for hydroxylation is 2. The van der Waals surface area contributed by atoms with Gasteiger partial charge in [-0.3, -0.25) is 4.90 Å². The standard InChI is InChI=1S/C15H26N4O3S/c1-12-10-17(2)15(16-12)14-11-18(8-9-22-14)13-4-6-19(7-5-13)23(3,20)21/h10,13-14H,4-9,11H2,1-3H3/t14-/m0/s1. The first-order valence-electron chi connectivity index (χ1n) is 8.15. The molecule has 2 aliphatic rings. The van der Waals surface area contributed by atoms with Crippen LogP contribution in [0.5, 0.6) is 0 Å². The van der Waals surface area contributed by atoms with Gasteiger partial charge in [0.05, 0.1) is 18.6 Å². The molecular weight excluding hydrogens is 316 g/mol. The Bertz CT molecular complexity index is 650. The van der Waals surface area contributed by atoms with Crippen molar-refractivity contribution in [1.82, 2.24) is 18.8 Å². The van der Waals surface area contributed by atoms with Crippen LogP contribution in [0.2, 0.25) is 0 Å². The maximum atomic E-state index is 11.6. The molecule has 0 saturated carbocycles. The highest BCUT2D eigenvalue weighted by Gasteiger charge is 2.33. The molecule has 2 aliphatic heterocycles. The molecule has 3 rings (SSSR count). The largest absolute Gasteiger partial charge is 0.368 e. The molecule has 0 spiro atoms. The van der Waals surface area contributed by atoms with Gasteiger partial charge in [0.15, 0.2) is 0 Å². The molecule has 0 unspecified atom stereocenters. The van der Waals surface area contributed by atoms with Crippen LogP contribution >= 0.6 is 0 Å². The Morgan fingerprint density at radius 1 is 1.26 bits per heavy atom. The highest BCUT2D eigenvalue weighted by molar-refractivity contribution is 7.88. The molecule has 130 valence electrons. The van der Waals surface area contributed by atoms with Crippen LogP contribution in [0.25, 0.3) is 0 Å². The number of imidazole rings is 1. The molecule has 0 aliphatic carbocycles. The van der Waals surface area contributed by atoms with Gasteiger partial charge in [-0.25, -0.2) is 17.7 Å². The van der Waals surface area contributed by atoms with Gasteiger partial charge in [-0.05, 0) is 19.8 Å². The molecule has 1 aromatic rings. The minimum absolute atomic E-state index is 0.00427. The number of morpholine rings is 1. The second-order valence-electron chi connectivity index (χ2n) is 6.60. The molecule has 3 heterocycles. The van der Waals surface area contributed by atoms with Crippen molar-refractivity contribution < 1.29 is 13.2 Å². The molecule has 0 aromatic carbocycles. The van der Waals surface area contributed by atoms with Crippen LogP contribution in [0.3, 0.4) is 0 Å². The molecule has 1 aromatic heterocycles. The fourth-order valence-electron chi connectivity index (χ4n) is 3.63. The molecule has 2 saturated heterocycles. The topological polar surface area (TPSA) is 67.7 Å². The van der Waals surface area contributed by atoms with Crippen molar-refractivity contribution in [3.05, 3.63) is 17.7 Å². The zero-order chi connectivity index (χ0) is 16.6. The molecule has 0 bridgehead atoms. The molecule has 8 heteroatoms. The van der Waals surface area contributed by atoms with E-state index in [0.29, 0.717) is 25.7 Å². The predicted molar refractivity (Wildman–Crippen MR) is 87.6 cm³/mol. The highest BCUT2D eigenvalue weighted by atomic mass is 32.2. The van der Waals surface area contributed by atoms with Gasteiger partial charge >= 0.3 is 0 Å². The van der Waals surface area contributed by atoms with Crippen LogP contribution < -0.4 is 0 Å². The van der Waals surface area contributed by atoms with Crippen LogP contribution in [0.4, 0.5) is 0 Å². The van der Waals surface area contributed by atoms with E-state index in [1.165, 1.54) is 6.26 Å². The first kappa shape index (κ1) is 16.9. The predicted octanol–water partition coefficient (Wildman–Crippen LogP) is 0.526. The summed E-state index contributed by atoms with van der Waals surface area (Å²) >= 11 is 0. The molecule has 0 amide bonds. The lowest BCUT2D eigenvalue weighted by molar-refractivity contribution is -0.0557. The highest BCUT2D eigenvalue weighted by Crippen LogP contribution is 2.26. The Labute approximate surface area is 138 Å². The van der Waals surface area contributed by atoms with Crippen LogP contribution in [-0.4, -0.2) is 72.3 Å². The fraction of sp³-hybridized carbons (Fsp3) is 0.800. The molecule has 1 atom stereocenters. The van der Waals surface area contributed by atoms with Gasteiger partial charge in [-0.15, -0.1) is 0 Å². The van der Waals surface area contributed by atoms with Gasteiger partial charge in [0.1, 0.15) is 11.9 Å². The van der Waals surface area contributed by atoms with Gasteiger partial charge in [-0.1, -0.05) is 0 Å². The van der Waals surface area contributed by atoms with Crippen LogP contribution in [0.15, 0.2) is 6.20 Å². The first-order chi connectivity index (χ1) is 10.8. The summed E-state index contributed by atoms with van der Waals surface area (Å²) in [4.78, 5) is 7.02. The van der Waals surface area contributed by atoms with E-state index in [0.717, 1.165) is 37.4 Å². The third-order valence-corrected chi connectivity index (χ3v) is 6.13. The van der Waals surface area contributed by atoms with Crippen molar-refractivity contribution in [2.45, 2.75) is 31.9 Å². The Morgan fingerprint density at radius 2 is 1.96 bits per heavy atom. The summed E-state index contributed by atoms with van der Waals surface area (Å²) in [5.41, 5.74) is 1.00. The maximum absolute atomic E-state index is 11.6. The average molecular weight is 342 g/mol. The molecule has 7 nitrogen and oxygen atoms in total. The molecule has 2 fully saturated rings. The van der Waals surface area contributed by atoms with Crippen LogP contribution in [0.1, 0.15) is 30.5 Å².